The van der Waals surface area contributed by atoms with Gasteiger partial charge in [0.25, 0.3) is 0 Å². The van der Waals surface area contributed by atoms with Crippen molar-refractivity contribution in [2.24, 2.45) is 5.73 Å². The maximum Gasteiger partial charge on any atom is 0.165 e. The first-order chi connectivity index (χ1) is 8.28. The van der Waals surface area contributed by atoms with Crippen molar-refractivity contribution in [3.05, 3.63) is 29.6 Å². The number of hydrogen-bond acceptors (Lipinski definition) is 4. The maximum absolute atomic E-state index is 13.6. The summed E-state index contributed by atoms with van der Waals surface area (Å²) in [5, 5.41) is 0. The van der Waals surface area contributed by atoms with Gasteiger partial charge in [0.2, 0.25) is 0 Å². The Bertz CT molecular complexity index is 500. The summed E-state index contributed by atoms with van der Waals surface area (Å²) in [7, 11) is -3.10. The molecule has 6 heteroatoms. The van der Waals surface area contributed by atoms with Crippen LogP contribution in [0.25, 0.3) is 0 Å². The van der Waals surface area contributed by atoms with Crippen LogP contribution >= 0.6 is 0 Å². The summed E-state index contributed by atoms with van der Waals surface area (Å²) < 4.78 is 40.5. The van der Waals surface area contributed by atoms with Crippen LogP contribution in [-0.4, -0.2) is 33.1 Å². The number of benzene rings is 1. The van der Waals surface area contributed by atoms with Crippen molar-refractivity contribution in [2.75, 3.05) is 18.6 Å². The molecule has 0 amide bonds. The van der Waals surface area contributed by atoms with Crippen molar-refractivity contribution < 1.29 is 17.5 Å². The highest BCUT2D eigenvalue weighted by Gasteiger charge is 2.08. The van der Waals surface area contributed by atoms with E-state index in [0.29, 0.717) is 6.42 Å². The fourth-order valence-corrected chi connectivity index (χ4v) is 1.85. The Balaban J connectivity index is 2.62. The molecule has 102 valence electrons. The van der Waals surface area contributed by atoms with E-state index >= 15 is 0 Å². The van der Waals surface area contributed by atoms with Crippen molar-refractivity contribution >= 4 is 9.84 Å². The first-order valence-electron chi connectivity index (χ1n) is 5.62. The Morgan fingerprint density at radius 3 is 2.61 bits per heavy atom. The Labute approximate surface area is 107 Å². The van der Waals surface area contributed by atoms with Crippen LogP contribution in [0.3, 0.4) is 0 Å². The van der Waals surface area contributed by atoms with E-state index < -0.39 is 15.7 Å². The lowest BCUT2D eigenvalue weighted by Gasteiger charge is -2.09. The van der Waals surface area contributed by atoms with E-state index in [1.165, 1.54) is 12.1 Å². The number of nitrogens with two attached hydrogens (primary N) is 1. The smallest absolute Gasteiger partial charge is 0.165 e. The van der Waals surface area contributed by atoms with Crippen LogP contribution in [0.15, 0.2) is 18.2 Å². The lowest BCUT2D eigenvalue weighted by Crippen LogP contribution is -2.18. The highest BCUT2D eigenvalue weighted by molar-refractivity contribution is 7.90. The summed E-state index contributed by atoms with van der Waals surface area (Å²) in [4.78, 5) is 0. The van der Waals surface area contributed by atoms with Gasteiger partial charge in [-0.05, 0) is 31.0 Å². The van der Waals surface area contributed by atoms with Gasteiger partial charge in [-0.2, -0.15) is 0 Å². The maximum atomic E-state index is 13.6. The number of hydrogen-bond donors (Lipinski definition) is 1. The first-order valence-corrected chi connectivity index (χ1v) is 7.68. The highest BCUT2D eigenvalue weighted by Crippen LogP contribution is 2.19. The zero-order valence-electron chi connectivity index (χ0n) is 10.5. The summed E-state index contributed by atoms with van der Waals surface area (Å²) in [5.41, 5.74) is 6.41. The molecule has 18 heavy (non-hydrogen) atoms. The second kappa shape index (κ2) is 6.15. The third-order valence-electron chi connectivity index (χ3n) is 2.27. The second-order valence-electron chi connectivity index (χ2n) is 4.42. The molecule has 1 unspecified atom stereocenters. The SMILES string of the molecule is CC(N)Cc1ccc(OCCS(C)(=O)=O)c(F)c1. The van der Waals surface area contributed by atoms with Gasteiger partial charge in [0, 0.05) is 12.3 Å². The fraction of sp³-hybridized carbons (Fsp3) is 0.500. The predicted molar refractivity (Wildman–Crippen MR) is 69.0 cm³/mol. The van der Waals surface area contributed by atoms with Gasteiger partial charge < -0.3 is 10.5 Å². The van der Waals surface area contributed by atoms with Crippen LogP contribution in [0.1, 0.15) is 12.5 Å². The normalized spacial score (nSPS) is 13.3. The minimum atomic E-state index is -3.10. The molecule has 0 spiro atoms. The molecule has 1 aromatic rings. The van der Waals surface area contributed by atoms with E-state index in [-0.39, 0.29) is 24.2 Å². The molecule has 0 radical (unpaired) electrons. The summed E-state index contributed by atoms with van der Waals surface area (Å²) >= 11 is 0. The van der Waals surface area contributed by atoms with Gasteiger partial charge in [0.1, 0.15) is 6.61 Å². The molecule has 0 aliphatic heterocycles. The minimum Gasteiger partial charge on any atom is -0.489 e. The van der Waals surface area contributed by atoms with Gasteiger partial charge in [0.15, 0.2) is 21.4 Å². The van der Waals surface area contributed by atoms with Gasteiger partial charge in [-0.3, -0.25) is 0 Å². The highest BCUT2D eigenvalue weighted by atomic mass is 32.2. The zero-order chi connectivity index (χ0) is 13.8. The van der Waals surface area contributed by atoms with E-state index in [1.54, 1.807) is 6.07 Å². The summed E-state index contributed by atoms with van der Waals surface area (Å²) in [6.45, 7) is 1.79. The Morgan fingerprint density at radius 2 is 2.11 bits per heavy atom. The summed E-state index contributed by atoms with van der Waals surface area (Å²) in [5.74, 6) is -0.567. The third-order valence-corrected chi connectivity index (χ3v) is 3.17. The molecule has 1 aromatic carbocycles. The van der Waals surface area contributed by atoms with Crippen molar-refractivity contribution in [1.29, 1.82) is 0 Å². The molecular formula is C12H18FNO3S. The third kappa shape index (κ3) is 5.46. The molecule has 0 bridgehead atoms. The molecule has 2 N–H and O–H groups in total. The number of sulfone groups is 1. The Kier molecular flexibility index (Phi) is 5.10. The van der Waals surface area contributed by atoms with Crippen LogP contribution in [0.4, 0.5) is 4.39 Å². The monoisotopic (exact) mass is 275 g/mol. The van der Waals surface area contributed by atoms with Crippen LogP contribution in [0.5, 0.6) is 5.75 Å². The summed E-state index contributed by atoms with van der Waals surface area (Å²) in [6, 6.07) is 4.54. The second-order valence-corrected chi connectivity index (χ2v) is 6.68. The molecule has 1 atom stereocenters. The fourth-order valence-electron chi connectivity index (χ4n) is 1.46. The molecule has 0 aromatic heterocycles. The Morgan fingerprint density at radius 1 is 1.44 bits per heavy atom. The lowest BCUT2D eigenvalue weighted by molar-refractivity contribution is 0.322. The average Bonchev–Trinajstić information content (AvgIpc) is 2.18. The number of ether oxygens (including phenoxy) is 1. The van der Waals surface area contributed by atoms with Crippen molar-refractivity contribution in [3.8, 4) is 5.75 Å². The van der Waals surface area contributed by atoms with Crippen LogP contribution in [0, 0.1) is 5.82 Å². The van der Waals surface area contributed by atoms with Gasteiger partial charge >= 0.3 is 0 Å². The summed E-state index contributed by atoms with van der Waals surface area (Å²) in [6.07, 6.45) is 1.69. The Hall–Kier alpha value is -1.14. The van der Waals surface area contributed by atoms with Crippen LogP contribution < -0.4 is 10.5 Å². The van der Waals surface area contributed by atoms with Gasteiger partial charge in [0.05, 0.1) is 5.75 Å². The lowest BCUT2D eigenvalue weighted by atomic mass is 10.1. The van der Waals surface area contributed by atoms with E-state index in [2.05, 4.69) is 0 Å². The van der Waals surface area contributed by atoms with E-state index in [9.17, 15) is 12.8 Å². The van der Waals surface area contributed by atoms with Crippen LogP contribution in [0.2, 0.25) is 0 Å². The molecule has 0 aliphatic rings. The molecule has 4 nitrogen and oxygen atoms in total. The van der Waals surface area contributed by atoms with E-state index in [0.717, 1.165) is 11.8 Å². The zero-order valence-corrected chi connectivity index (χ0v) is 11.3. The van der Waals surface area contributed by atoms with Gasteiger partial charge in [-0.25, -0.2) is 12.8 Å². The molecule has 0 heterocycles. The van der Waals surface area contributed by atoms with E-state index in [1.807, 2.05) is 6.92 Å². The standard InChI is InChI=1S/C12H18FNO3S/c1-9(14)7-10-3-4-12(11(13)8-10)17-5-6-18(2,15)16/h3-4,8-9H,5-7,14H2,1-2H3. The van der Waals surface area contributed by atoms with Gasteiger partial charge in [-0.15, -0.1) is 0 Å². The largest absolute Gasteiger partial charge is 0.489 e. The minimum absolute atomic E-state index is 0.0404. The van der Waals surface area contributed by atoms with E-state index in [4.69, 9.17) is 10.5 Å². The van der Waals surface area contributed by atoms with Crippen molar-refractivity contribution in [1.82, 2.24) is 0 Å². The number of rotatable bonds is 6. The first kappa shape index (κ1) is 14.9. The number of halogens is 1. The molecule has 0 saturated heterocycles. The average molecular weight is 275 g/mol. The van der Waals surface area contributed by atoms with Crippen LogP contribution in [-0.2, 0) is 16.3 Å². The molecule has 0 fully saturated rings. The molecule has 0 aliphatic carbocycles. The van der Waals surface area contributed by atoms with Crippen molar-refractivity contribution in [2.45, 2.75) is 19.4 Å². The molecule has 0 saturated carbocycles. The predicted octanol–water partition coefficient (Wildman–Crippen LogP) is 1.14. The quantitative estimate of drug-likeness (QED) is 0.845. The molecule has 1 rings (SSSR count). The van der Waals surface area contributed by atoms with Crippen molar-refractivity contribution in [3.63, 3.8) is 0 Å². The molecular weight excluding hydrogens is 257 g/mol. The van der Waals surface area contributed by atoms with Gasteiger partial charge in [-0.1, -0.05) is 6.07 Å². The topological polar surface area (TPSA) is 69.4 Å².